The lowest BCUT2D eigenvalue weighted by Gasteiger charge is -2.21. The van der Waals surface area contributed by atoms with Crippen molar-refractivity contribution < 1.29 is 18.7 Å². The maximum absolute atomic E-state index is 12.1. The van der Waals surface area contributed by atoms with Crippen LogP contribution in [-0.2, 0) is 16.0 Å². The van der Waals surface area contributed by atoms with Gasteiger partial charge in [-0.1, -0.05) is 0 Å². The largest absolute Gasteiger partial charge is 0.469 e. The van der Waals surface area contributed by atoms with Crippen LogP contribution in [0.3, 0.4) is 0 Å². The van der Waals surface area contributed by atoms with Crippen LogP contribution in [-0.4, -0.2) is 36.1 Å². The molecule has 2 aromatic rings. The van der Waals surface area contributed by atoms with Crippen LogP contribution in [0.15, 0.2) is 22.1 Å². The number of thiazole rings is 1. The van der Waals surface area contributed by atoms with Gasteiger partial charge in [0.15, 0.2) is 5.13 Å². The smallest absolute Gasteiger partial charge is 0.260 e. The van der Waals surface area contributed by atoms with Crippen molar-refractivity contribution in [3.8, 4) is 6.07 Å². The third-order valence-corrected chi connectivity index (χ3v) is 4.12. The molecule has 1 atom stereocenters. The molecule has 8 nitrogen and oxygen atoms in total. The number of nitrogens with one attached hydrogen (secondary N) is 2. The molecule has 0 bridgehead atoms. The Morgan fingerprint density at radius 2 is 2.28 bits per heavy atom. The summed E-state index contributed by atoms with van der Waals surface area (Å²) in [7, 11) is 1.46. The van der Waals surface area contributed by atoms with Crippen molar-refractivity contribution in [1.29, 1.82) is 5.26 Å². The molecule has 0 radical (unpaired) electrons. The third-order valence-electron chi connectivity index (χ3n) is 3.31. The predicted octanol–water partition coefficient (Wildman–Crippen LogP) is 1.88. The number of anilines is 1. The van der Waals surface area contributed by atoms with Crippen molar-refractivity contribution in [2.75, 3.05) is 19.0 Å². The number of amides is 2. The molecule has 0 spiro atoms. The topological polar surface area (TPSA) is 117 Å². The molecule has 132 valence electrons. The summed E-state index contributed by atoms with van der Waals surface area (Å²) < 4.78 is 10.0. The van der Waals surface area contributed by atoms with Crippen LogP contribution in [0.4, 0.5) is 5.13 Å². The van der Waals surface area contributed by atoms with Gasteiger partial charge in [-0.25, -0.2) is 4.98 Å². The molecule has 0 aliphatic heterocycles. The second kappa shape index (κ2) is 7.92. The van der Waals surface area contributed by atoms with Gasteiger partial charge in [-0.2, -0.15) is 5.26 Å². The zero-order valence-electron chi connectivity index (χ0n) is 14.1. The van der Waals surface area contributed by atoms with Crippen molar-refractivity contribution >= 4 is 28.3 Å². The van der Waals surface area contributed by atoms with E-state index < -0.39 is 5.54 Å². The molecule has 9 heteroatoms. The first kappa shape index (κ1) is 18.6. The second-order valence-electron chi connectivity index (χ2n) is 5.59. The normalized spacial score (nSPS) is 12.9. The van der Waals surface area contributed by atoms with E-state index in [-0.39, 0.29) is 24.8 Å². The molecule has 0 saturated carbocycles. The summed E-state index contributed by atoms with van der Waals surface area (Å²) in [4.78, 5) is 28.4. The lowest BCUT2D eigenvalue weighted by atomic mass is 10.1. The van der Waals surface area contributed by atoms with Gasteiger partial charge in [-0.05, 0) is 19.9 Å². The summed E-state index contributed by atoms with van der Waals surface area (Å²) in [5.74, 6) is -0.161. The maximum Gasteiger partial charge on any atom is 0.260 e. The van der Waals surface area contributed by atoms with Crippen molar-refractivity contribution in [3.05, 3.63) is 34.7 Å². The van der Waals surface area contributed by atoms with Gasteiger partial charge in [0, 0.05) is 12.5 Å². The van der Waals surface area contributed by atoms with E-state index >= 15 is 0 Å². The first-order valence-corrected chi connectivity index (χ1v) is 8.26. The number of nitrogens with zero attached hydrogens (tertiary/aromatic N) is 2. The molecule has 0 aromatic carbocycles. The maximum atomic E-state index is 12.1. The lowest BCUT2D eigenvalue weighted by Crippen LogP contribution is -2.48. The summed E-state index contributed by atoms with van der Waals surface area (Å²) in [6, 6.07) is 3.58. The Hall–Kier alpha value is -2.70. The minimum Gasteiger partial charge on any atom is -0.469 e. The highest BCUT2D eigenvalue weighted by Crippen LogP contribution is 2.18. The van der Waals surface area contributed by atoms with Crippen LogP contribution < -0.4 is 10.6 Å². The average molecular weight is 362 g/mol. The zero-order chi connectivity index (χ0) is 18.4. The zero-order valence-corrected chi connectivity index (χ0v) is 14.9. The summed E-state index contributed by atoms with van der Waals surface area (Å²) in [6.07, 6.45) is 1.44. The van der Waals surface area contributed by atoms with Gasteiger partial charge >= 0.3 is 0 Å². The summed E-state index contributed by atoms with van der Waals surface area (Å²) in [5, 5.41) is 16.5. The number of rotatable bonds is 7. The predicted molar refractivity (Wildman–Crippen MR) is 91.3 cm³/mol. The van der Waals surface area contributed by atoms with Crippen molar-refractivity contribution in [2.24, 2.45) is 0 Å². The highest BCUT2D eigenvalue weighted by Gasteiger charge is 2.26. The Labute approximate surface area is 148 Å². The number of hydrogen-bond acceptors (Lipinski definition) is 7. The van der Waals surface area contributed by atoms with Crippen molar-refractivity contribution in [3.63, 3.8) is 0 Å². The quantitative estimate of drug-likeness (QED) is 0.776. The molecular formula is C16H18N4O4S. The molecule has 0 aliphatic carbocycles. The van der Waals surface area contributed by atoms with E-state index in [1.54, 1.807) is 25.3 Å². The van der Waals surface area contributed by atoms with Crippen LogP contribution in [0.5, 0.6) is 0 Å². The van der Waals surface area contributed by atoms with Gasteiger partial charge in [0.25, 0.3) is 5.91 Å². The minimum atomic E-state index is -1.10. The number of ether oxygens (including phenoxy) is 1. The SMILES string of the molecule is COC[C@@](C)(C#N)NC(=O)Cc1csc(NC(=O)c2ccoc2C)n1. The number of furan rings is 1. The number of methoxy groups -OCH3 is 1. The average Bonchev–Trinajstić information content (AvgIpc) is 3.16. The molecule has 0 fully saturated rings. The van der Waals surface area contributed by atoms with E-state index in [1.807, 2.05) is 6.07 Å². The molecule has 0 saturated heterocycles. The fourth-order valence-corrected chi connectivity index (χ4v) is 2.84. The fraction of sp³-hybridized carbons (Fsp3) is 0.375. The number of nitriles is 1. The molecular weight excluding hydrogens is 344 g/mol. The minimum absolute atomic E-state index is 0.00189. The molecule has 0 aliphatic rings. The number of carbonyl (C=O) groups is 2. The van der Waals surface area contributed by atoms with Crippen LogP contribution >= 0.6 is 11.3 Å². The number of aromatic nitrogens is 1. The summed E-state index contributed by atoms with van der Waals surface area (Å²) >= 11 is 1.21. The second-order valence-corrected chi connectivity index (χ2v) is 6.45. The van der Waals surface area contributed by atoms with Crippen molar-refractivity contribution in [2.45, 2.75) is 25.8 Å². The van der Waals surface area contributed by atoms with Gasteiger partial charge in [-0.3, -0.25) is 14.9 Å². The Balaban J connectivity index is 1.95. The van der Waals surface area contributed by atoms with E-state index in [2.05, 4.69) is 15.6 Å². The monoisotopic (exact) mass is 362 g/mol. The Bertz CT molecular complexity index is 807. The molecule has 2 aromatic heterocycles. The number of hydrogen-bond donors (Lipinski definition) is 2. The third kappa shape index (κ3) is 4.89. The molecule has 2 amide bonds. The number of carbonyl (C=O) groups excluding carboxylic acids is 2. The van der Waals surface area contributed by atoms with Crippen LogP contribution in [0.25, 0.3) is 0 Å². The van der Waals surface area contributed by atoms with Gasteiger partial charge < -0.3 is 14.5 Å². The van der Waals surface area contributed by atoms with E-state index in [9.17, 15) is 9.59 Å². The van der Waals surface area contributed by atoms with E-state index in [0.29, 0.717) is 22.1 Å². The molecule has 0 unspecified atom stereocenters. The van der Waals surface area contributed by atoms with Gasteiger partial charge in [-0.15, -0.1) is 11.3 Å². The van der Waals surface area contributed by atoms with E-state index in [4.69, 9.17) is 14.4 Å². The van der Waals surface area contributed by atoms with E-state index in [1.165, 1.54) is 24.7 Å². The lowest BCUT2D eigenvalue weighted by molar-refractivity contribution is -0.122. The highest BCUT2D eigenvalue weighted by molar-refractivity contribution is 7.14. The highest BCUT2D eigenvalue weighted by atomic mass is 32.1. The molecule has 2 rings (SSSR count). The van der Waals surface area contributed by atoms with Crippen molar-refractivity contribution in [1.82, 2.24) is 10.3 Å². The number of aryl methyl sites for hydroxylation is 1. The Morgan fingerprint density at radius 1 is 1.52 bits per heavy atom. The summed E-state index contributed by atoms with van der Waals surface area (Å²) in [6.45, 7) is 3.35. The van der Waals surface area contributed by atoms with E-state index in [0.717, 1.165) is 0 Å². The van der Waals surface area contributed by atoms with Crippen LogP contribution in [0, 0.1) is 18.3 Å². The van der Waals surface area contributed by atoms with Crippen LogP contribution in [0.1, 0.15) is 28.7 Å². The standard InChI is InChI=1S/C16H18N4O4S/c1-10-12(4-5-24-10)14(22)19-15-18-11(7-25-15)6-13(21)20-16(2,8-17)9-23-3/h4-5,7H,6,9H2,1-3H3,(H,20,21)(H,18,19,22)/t16-/m1/s1. The molecule has 2 heterocycles. The summed E-state index contributed by atoms with van der Waals surface area (Å²) in [5.41, 5.74) is -0.171. The Morgan fingerprint density at radius 3 is 2.88 bits per heavy atom. The van der Waals surface area contributed by atoms with Gasteiger partial charge in [0.1, 0.15) is 11.3 Å². The fourth-order valence-electron chi connectivity index (χ4n) is 2.13. The molecule has 2 N–H and O–H groups in total. The Kier molecular flexibility index (Phi) is 5.90. The van der Waals surface area contributed by atoms with Crippen LogP contribution in [0.2, 0.25) is 0 Å². The van der Waals surface area contributed by atoms with Gasteiger partial charge in [0.05, 0.1) is 36.6 Å². The molecule has 25 heavy (non-hydrogen) atoms. The first-order chi connectivity index (χ1) is 11.9. The van der Waals surface area contributed by atoms with Gasteiger partial charge in [0.2, 0.25) is 5.91 Å². The first-order valence-electron chi connectivity index (χ1n) is 7.38.